The molecule has 4 aliphatic rings. The number of aliphatic imine (C=N–C) groups is 3. The molecule has 1 aliphatic carbocycles. The Kier molecular flexibility index (Phi) is 2.82. The van der Waals surface area contributed by atoms with Gasteiger partial charge in [0.05, 0.1) is 11.4 Å². The van der Waals surface area contributed by atoms with Crippen LogP contribution in [0.1, 0.15) is 17.7 Å². The fourth-order valence-electron chi connectivity index (χ4n) is 3.08. The molecule has 4 nitrogen and oxygen atoms in total. The number of allylic oxidation sites excluding steroid dienone is 7. The number of nitrogens with zero attached hydrogens (tertiary/aromatic N) is 3. The molecule has 1 aromatic rings. The molecule has 0 atom stereocenters. The summed E-state index contributed by atoms with van der Waals surface area (Å²) >= 11 is 0. The standard InChI is InChI=1S/C20H14N4/c1-13-5-18-3-15(11-22-18)7-20-4-16(12-24-20)8-19-2-14(10-23-19)6-17(1)21-9-13/h1-3,5-12,23H,4H2. The van der Waals surface area contributed by atoms with E-state index >= 15 is 0 Å². The highest BCUT2D eigenvalue weighted by Gasteiger charge is 2.11. The molecular weight excluding hydrogens is 296 g/mol. The van der Waals surface area contributed by atoms with Crippen LogP contribution in [0.4, 0.5) is 0 Å². The molecule has 0 fully saturated rings. The van der Waals surface area contributed by atoms with Crippen molar-refractivity contribution < 1.29 is 0 Å². The van der Waals surface area contributed by atoms with Crippen LogP contribution in [0.25, 0.3) is 12.2 Å². The van der Waals surface area contributed by atoms with Crippen molar-refractivity contribution in [3.05, 3.63) is 81.6 Å². The summed E-state index contributed by atoms with van der Waals surface area (Å²) in [6.45, 7) is 0. The maximum Gasteiger partial charge on any atom is 0.0642 e. The van der Waals surface area contributed by atoms with Gasteiger partial charge in [0.15, 0.2) is 0 Å². The van der Waals surface area contributed by atoms with Crippen molar-refractivity contribution >= 4 is 30.8 Å². The average molecular weight is 310 g/mol. The highest BCUT2D eigenvalue weighted by Crippen LogP contribution is 2.25. The van der Waals surface area contributed by atoms with Crippen molar-refractivity contribution in [2.24, 2.45) is 15.0 Å². The fourth-order valence-corrected chi connectivity index (χ4v) is 3.08. The van der Waals surface area contributed by atoms with Gasteiger partial charge in [-0.2, -0.15) is 0 Å². The maximum atomic E-state index is 4.51. The third-order valence-corrected chi connectivity index (χ3v) is 4.17. The molecule has 24 heavy (non-hydrogen) atoms. The summed E-state index contributed by atoms with van der Waals surface area (Å²) in [6, 6.07) is 2.12. The van der Waals surface area contributed by atoms with Crippen molar-refractivity contribution in [3.63, 3.8) is 0 Å². The monoisotopic (exact) mass is 310 g/mol. The lowest BCUT2D eigenvalue weighted by molar-refractivity contribution is 1.20. The Balaban J connectivity index is 1.64. The van der Waals surface area contributed by atoms with Crippen molar-refractivity contribution in [1.29, 1.82) is 0 Å². The lowest BCUT2D eigenvalue weighted by Gasteiger charge is -1.94. The van der Waals surface area contributed by atoms with Gasteiger partial charge in [-0.15, -0.1) is 0 Å². The zero-order chi connectivity index (χ0) is 15.9. The van der Waals surface area contributed by atoms with Gasteiger partial charge >= 0.3 is 0 Å². The molecule has 1 N–H and O–H groups in total. The minimum Gasteiger partial charge on any atom is -0.361 e. The first-order valence-electron chi connectivity index (χ1n) is 7.89. The maximum absolute atomic E-state index is 4.51. The van der Waals surface area contributed by atoms with E-state index in [1.54, 1.807) is 0 Å². The predicted molar refractivity (Wildman–Crippen MR) is 99.2 cm³/mol. The summed E-state index contributed by atoms with van der Waals surface area (Å²) in [5.74, 6) is 0. The van der Waals surface area contributed by atoms with Crippen molar-refractivity contribution in [3.8, 4) is 0 Å². The molecule has 0 saturated carbocycles. The van der Waals surface area contributed by atoms with Gasteiger partial charge in [-0.05, 0) is 64.8 Å². The van der Waals surface area contributed by atoms with E-state index < -0.39 is 0 Å². The lowest BCUT2D eigenvalue weighted by Crippen LogP contribution is -1.81. The van der Waals surface area contributed by atoms with Gasteiger partial charge in [0, 0.05) is 42.7 Å². The zero-order valence-corrected chi connectivity index (χ0v) is 12.9. The molecule has 4 heteroatoms. The Morgan fingerprint density at radius 2 is 1.54 bits per heavy atom. The molecule has 8 bridgehead atoms. The highest BCUT2D eigenvalue weighted by atomic mass is 14.8. The first-order chi connectivity index (χ1) is 11.8. The number of H-pyrrole nitrogens is 1. The molecule has 5 rings (SSSR count). The van der Waals surface area contributed by atoms with Crippen LogP contribution in [0.5, 0.6) is 0 Å². The van der Waals surface area contributed by atoms with Crippen LogP contribution in [-0.2, 0) is 0 Å². The second-order valence-electron chi connectivity index (χ2n) is 6.12. The largest absolute Gasteiger partial charge is 0.361 e. The van der Waals surface area contributed by atoms with Crippen LogP contribution in [0, 0.1) is 0 Å². The second kappa shape index (κ2) is 5.13. The van der Waals surface area contributed by atoms with E-state index in [0.29, 0.717) is 0 Å². The van der Waals surface area contributed by atoms with Crippen molar-refractivity contribution in [2.75, 3.05) is 0 Å². The number of aromatic amines is 1. The number of rotatable bonds is 0. The number of fused-ring (bicyclic) bond motifs is 6. The average Bonchev–Trinajstić information content (AvgIpc) is 3.32. The van der Waals surface area contributed by atoms with Crippen LogP contribution in [0.3, 0.4) is 0 Å². The Morgan fingerprint density at radius 1 is 0.750 bits per heavy atom. The number of nitrogens with one attached hydrogen (secondary N) is 1. The molecule has 4 heterocycles. The first-order valence-corrected chi connectivity index (χ1v) is 7.89. The molecule has 114 valence electrons. The van der Waals surface area contributed by atoms with Crippen LogP contribution >= 0.6 is 0 Å². The summed E-state index contributed by atoms with van der Waals surface area (Å²) in [5.41, 5.74) is 8.46. The third-order valence-electron chi connectivity index (χ3n) is 4.17. The van der Waals surface area contributed by atoms with Crippen LogP contribution < -0.4 is 0 Å². The SMILES string of the molecule is C1=NC2=CC3=CC(=Cc4c[nH]c(c4)C=C4C=NC(=CC1=C2)C4)N=C3. The third kappa shape index (κ3) is 2.48. The van der Waals surface area contributed by atoms with Gasteiger partial charge in [0.25, 0.3) is 0 Å². The number of hydrogen-bond acceptors (Lipinski definition) is 3. The van der Waals surface area contributed by atoms with Crippen molar-refractivity contribution in [2.45, 2.75) is 6.42 Å². The summed E-state index contributed by atoms with van der Waals surface area (Å²) < 4.78 is 0. The molecule has 0 saturated heterocycles. The number of hydrogen-bond donors (Lipinski definition) is 1. The number of aromatic nitrogens is 1. The van der Waals surface area contributed by atoms with Gasteiger partial charge in [-0.1, -0.05) is 0 Å². The Labute approximate surface area is 139 Å². The highest BCUT2D eigenvalue weighted by molar-refractivity contribution is 5.93. The molecule has 1 aromatic heterocycles. The molecule has 0 amide bonds. The summed E-state index contributed by atoms with van der Waals surface area (Å²) in [7, 11) is 0. The molecular formula is C20H14N4. The Hall–Kier alpha value is -3.27. The fraction of sp³-hybridized carbons (Fsp3) is 0.0500. The van der Waals surface area contributed by atoms with E-state index in [1.165, 1.54) is 5.57 Å². The van der Waals surface area contributed by atoms with Gasteiger partial charge in [-0.25, -0.2) is 0 Å². The molecule has 0 aromatic carbocycles. The minimum atomic E-state index is 0.841. The van der Waals surface area contributed by atoms with E-state index in [-0.39, 0.29) is 0 Å². The predicted octanol–water partition coefficient (Wildman–Crippen LogP) is 4.02. The van der Waals surface area contributed by atoms with Gasteiger partial charge in [-0.3, -0.25) is 15.0 Å². The van der Waals surface area contributed by atoms with E-state index in [2.05, 4.69) is 56.4 Å². The topological polar surface area (TPSA) is 52.9 Å². The second-order valence-corrected chi connectivity index (χ2v) is 6.12. The van der Waals surface area contributed by atoms with Crippen molar-refractivity contribution in [1.82, 2.24) is 4.98 Å². The zero-order valence-electron chi connectivity index (χ0n) is 12.9. The Morgan fingerprint density at radius 3 is 2.42 bits per heavy atom. The molecule has 0 unspecified atom stereocenters. The van der Waals surface area contributed by atoms with E-state index in [0.717, 1.165) is 45.9 Å². The lowest BCUT2D eigenvalue weighted by atomic mass is 10.1. The first kappa shape index (κ1) is 13.2. The quantitative estimate of drug-likeness (QED) is 0.752. The van der Waals surface area contributed by atoms with Crippen LogP contribution in [0.2, 0.25) is 0 Å². The summed E-state index contributed by atoms with van der Waals surface area (Å²) in [4.78, 5) is 16.7. The normalized spacial score (nSPS) is 20.5. The van der Waals surface area contributed by atoms with E-state index in [4.69, 9.17) is 0 Å². The minimum absolute atomic E-state index is 0.841. The summed E-state index contributed by atoms with van der Waals surface area (Å²) in [6.07, 6.45) is 21.0. The smallest absolute Gasteiger partial charge is 0.0642 e. The molecule has 3 aliphatic heterocycles. The van der Waals surface area contributed by atoms with Gasteiger partial charge in [0.1, 0.15) is 0 Å². The van der Waals surface area contributed by atoms with E-state index in [1.807, 2.05) is 30.9 Å². The Bertz CT molecular complexity index is 1010. The molecule has 0 spiro atoms. The summed E-state index contributed by atoms with van der Waals surface area (Å²) in [5, 5.41) is 0. The van der Waals surface area contributed by atoms with Gasteiger partial charge < -0.3 is 4.98 Å². The van der Waals surface area contributed by atoms with Crippen LogP contribution in [-0.4, -0.2) is 23.6 Å². The molecule has 0 radical (unpaired) electrons. The van der Waals surface area contributed by atoms with Crippen LogP contribution in [0.15, 0.2) is 85.4 Å². The van der Waals surface area contributed by atoms with E-state index in [9.17, 15) is 0 Å². The van der Waals surface area contributed by atoms with Gasteiger partial charge in [0.2, 0.25) is 0 Å².